The topological polar surface area (TPSA) is 170 Å². The Bertz CT molecular complexity index is 1400. The van der Waals surface area contributed by atoms with E-state index in [1.807, 2.05) is 0 Å². The fraction of sp³-hybridized carbons (Fsp3) is 0.192. The number of aromatic nitrogens is 3. The highest BCUT2D eigenvalue weighted by Gasteiger charge is 2.27. The number of pyridine rings is 1. The lowest BCUT2D eigenvalue weighted by Crippen LogP contribution is -2.35. The monoisotopic (exact) mass is 505 g/mol. The molecule has 0 atom stereocenters. The Balaban J connectivity index is 0.000000262. The van der Waals surface area contributed by atoms with Crippen LogP contribution in [-0.2, 0) is 10.2 Å². The van der Waals surface area contributed by atoms with Crippen molar-refractivity contribution in [1.29, 1.82) is 0 Å². The van der Waals surface area contributed by atoms with Crippen molar-refractivity contribution >= 4 is 34.6 Å². The van der Waals surface area contributed by atoms with E-state index < -0.39 is 17.3 Å². The molecule has 0 unspecified atom stereocenters. The molecule has 11 nitrogen and oxygen atoms in total. The van der Waals surface area contributed by atoms with E-state index in [1.165, 1.54) is 14.2 Å². The van der Waals surface area contributed by atoms with E-state index in [0.29, 0.717) is 33.9 Å². The normalized spacial score (nSPS) is 10.7. The molecule has 0 aliphatic carbocycles. The lowest BCUT2D eigenvalue weighted by atomic mass is 9.84. The summed E-state index contributed by atoms with van der Waals surface area (Å²) in [6.07, 6.45) is 1.58. The van der Waals surface area contributed by atoms with Gasteiger partial charge >= 0.3 is 5.97 Å². The summed E-state index contributed by atoms with van der Waals surface area (Å²) in [6.45, 7) is 3.51. The van der Waals surface area contributed by atoms with Crippen molar-refractivity contribution in [2.45, 2.75) is 19.3 Å². The molecule has 0 saturated heterocycles. The van der Waals surface area contributed by atoms with Gasteiger partial charge in [-0.3, -0.25) is 9.59 Å². The number of nitrogens with one attached hydrogen (secondary N) is 2. The number of imidazole rings is 1. The molecule has 2 aromatic heterocycles. The maximum absolute atomic E-state index is 12.4. The Labute approximate surface area is 212 Å². The number of methoxy groups -OCH3 is 2. The first-order valence-corrected chi connectivity index (χ1v) is 11.0. The quantitative estimate of drug-likeness (QED) is 0.296. The molecule has 5 N–H and O–H groups in total. The molecule has 0 aliphatic rings. The number of ether oxygens (including phenoxy) is 2. The van der Waals surface area contributed by atoms with Gasteiger partial charge in [0.15, 0.2) is 17.1 Å². The third kappa shape index (κ3) is 6.20. The molecule has 2 heterocycles. The van der Waals surface area contributed by atoms with Crippen molar-refractivity contribution in [1.82, 2.24) is 15.0 Å². The number of anilines is 1. The van der Waals surface area contributed by atoms with Crippen LogP contribution < -0.4 is 20.5 Å². The second-order valence-electron chi connectivity index (χ2n) is 8.35. The Morgan fingerprint density at radius 1 is 1.00 bits per heavy atom. The van der Waals surface area contributed by atoms with Crippen LogP contribution in [0.3, 0.4) is 0 Å². The summed E-state index contributed by atoms with van der Waals surface area (Å²) in [6, 6.07) is 15.4. The van der Waals surface area contributed by atoms with Crippen LogP contribution in [0.15, 0.2) is 60.8 Å². The van der Waals surface area contributed by atoms with E-state index in [0.717, 1.165) is 5.56 Å². The number of carboxylic acids is 1. The van der Waals surface area contributed by atoms with Crippen molar-refractivity contribution in [2.24, 2.45) is 5.73 Å². The molecule has 2 amide bonds. The van der Waals surface area contributed by atoms with Crippen LogP contribution in [-0.4, -0.2) is 52.1 Å². The van der Waals surface area contributed by atoms with Gasteiger partial charge < -0.3 is 30.6 Å². The number of hydrogen-bond donors (Lipinski definition) is 4. The molecule has 0 spiro atoms. The minimum atomic E-state index is -1.08. The standard InChI is InChI=1S/C19H22N2O4.C7H5N3O2/c1-19(2,18(20)23)13-6-8-14(9-7-13)21-17(22)12-5-10-15(24-3)16(11-12)25-4;11-7(12)6-9-4-2-1-3-8-5(4)10-6/h5-11H,1-4H3,(H2,20,23)(H,21,22);1-3H,(H,11,12)(H,8,9,10). The van der Waals surface area contributed by atoms with Gasteiger partial charge in [-0.15, -0.1) is 0 Å². The van der Waals surface area contributed by atoms with Crippen LogP contribution in [0.5, 0.6) is 11.5 Å². The number of carbonyl (C=O) groups excluding carboxylic acids is 2. The highest BCUT2D eigenvalue weighted by Crippen LogP contribution is 2.28. The fourth-order valence-electron chi connectivity index (χ4n) is 3.24. The molecule has 0 fully saturated rings. The van der Waals surface area contributed by atoms with Crippen LogP contribution in [0.1, 0.15) is 40.4 Å². The number of aromatic amines is 1. The second kappa shape index (κ2) is 11.2. The van der Waals surface area contributed by atoms with Crippen LogP contribution in [0.2, 0.25) is 0 Å². The van der Waals surface area contributed by atoms with Crippen molar-refractivity contribution in [3.05, 3.63) is 77.7 Å². The van der Waals surface area contributed by atoms with Crippen molar-refractivity contribution in [3.8, 4) is 11.5 Å². The summed E-state index contributed by atoms with van der Waals surface area (Å²) in [5.41, 5.74) is 7.55. The minimum Gasteiger partial charge on any atom is -0.493 e. The van der Waals surface area contributed by atoms with Gasteiger partial charge in [-0.1, -0.05) is 12.1 Å². The lowest BCUT2D eigenvalue weighted by molar-refractivity contribution is -0.122. The SMILES string of the molecule is COc1ccc(C(=O)Nc2ccc(C(C)(C)C(N)=O)cc2)cc1OC.O=C(O)c1nc2cccnc2[nH]1. The zero-order chi connectivity index (χ0) is 27.2. The molecule has 11 heteroatoms. The zero-order valence-corrected chi connectivity index (χ0v) is 20.7. The highest BCUT2D eigenvalue weighted by atomic mass is 16.5. The number of primary amides is 1. The van der Waals surface area contributed by atoms with Crippen molar-refractivity contribution in [3.63, 3.8) is 0 Å². The van der Waals surface area contributed by atoms with E-state index in [2.05, 4.69) is 20.3 Å². The summed E-state index contributed by atoms with van der Waals surface area (Å²) in [4.78, 5) is 44.6. The Kier molecular flexibility index (Phi) is 8.08. The Hall–Kier alpha value is -4.93. The first-order valence-electron chi connectivity index (χ1n) is 11.0. The van der Waals surface area contributed by atoms with Gasteiger partial charge in [0, 0.05) is 17.4 Å². The minimum absolute atomic E-state index is 0.0799. The average molecular weight is 506 g/mol. The first-order chi connectivity index (χ1) is 17.6. The van der Waals surface area contributed by atoms with E-state index in [-0.39, 0.29) is 11.7 Å². The summed E-state index contributed by atoms with van der Waals surface area (Å²) in [5, 5.41) is 11.4. The lowest BCUT2D eigenvalue weighted by Gasteiger charge is -2.21. The van der Waals surface area contributed by atoms with Gasteiger partial charge in [0.2, 0.25) is 11.7 Å². The Morgan fingerprint density at radius 3 is 2.24 bits per heavy atom. The second-order valence-corrected chi connectivity index (χ2v) is 8.35. The van der Waals surface area contributed by atoms with Crippen molar-refractivity contribution in [2.75, 3.05) is 19.5 Å². The number of carboxylic acid groups (broad SMARTS) is 1. The average Bonchev–Trinajstić information content (AvgIpc) is 3.34. The molecule has 2 aromatic carbocycles. The van der Waals surface area contributed by atoms with E-state index in [4.69, 9.17) is 20.3 Å². The third-order valence-electron chi connectivity index (χ3n) is 5.58. The van der Waals surface area contributed by atoms with Crippen LogP contribution in [0.25, 0.3) is 11.2 Å². The van der Waals surface area contributed by atoms with Gasteiger partial charge in [0.05, 0.1) is 19.6 Å². The maximum atomic E-state index is 12.4. The summed E-state index contributed by atoms with van der Waals surface area (Å²) in [7, 11) is 3.05. The molecular weight excluding hydrogens is 478 g/mol. The molecule has 0 bridgehead atoms. The first kappa shape index (κ1) is 26.7. The summed E-state index contributed by atoms with van der Waals surface area (Å²) in [5.74, 6) is -0.806. The highest BCUT2D eigenvalue weighted by molar-refractivity contribution is 6.04. The molecule has 4 rings (SSSR count). The molecule has 4 aromatic rings. The molecule has 37 heavy (non-hydrogen) atoms. The molecular formula is C26H27N5O6. The molecule has 0 saturated carbocycles. The fourth-order valence-corrected chi connectivity index (χ4v) is 3.24. The van der Waals surface area contributed by atoms with Gasteiger partial charge in [-0.25, -0.2) is 14.8 Å². The Morgan fingerprint density at radius 2 is 1.68 bits per heavy atom. The largest absolute Gasteiger partial charge is 0.493 e. The number of nitrogens with zero attached hydrogens (tertiary/aromatic N) is 2. The van der Waals surface area contributed by atoms with Crippen LogP contribution in [0.4, 0.5) is 5.69 Å². The number of amides is 2. The molecule has 0 aliphatic heterocycles. The number of aromatic carboxylic acids is 1. The predicted molar refractivity (Wildman–Crippen MR) is 137 cm³/mol. The third-order valence-corrected chi connectivity index (χ3v) is 5.58. The number of rotatable bonds is 7. The van der Waals surface area contributed by atoms with Gasteiger partial charge in [0.1, 0.15) is 5.52 Å². The van der Waals surface area contributed by atoms with E-state index >= 15 is 0 Å². The van der Waals surface area contributed by atoms with Crippen molar-refractivity contribution < 1.29 is 29.0 Å². The van der Waals surface area contributed by atoms with Gasteiger partial charge in [-0.2, -0.15) is 0 Å². The number of carbonyl (C=O) groups is 3. The smallest absolute Gasteiger partial charge is 0.371 e. The summed E-state index contributed by atoms with van der Waals surface area (Å²) >= 11 is 0. The molecule has 0 radical (unpaired) electrons. The van der Waals surface area contributed by atoms with Gasteiger partial charge in [0.25, 0.3) is 5.91 Å². The van der Waals surface area contributed by atoms with Crippen LogP contribution >= 0.6 is 0 Å². The maximum Gasteiger partial charge on any atom is 0.371 e. The van der Waals surface area contributed by atoms with E-state index in [1.54, 1.807) is 74.6 Å². The van der Waals surface area contributed by atoms with Crippen LogP contribution in [0, 0.1) is 0 Å². The molecule has 192 valence electrons. The number of fused-ring (bicyclic) bond motifs is 1. The summed E-state index contributed by atoms with van der Waals surface area (Å²) < 4.78 is 10.4. The number of benzene rings is 2. The zero-order valence-electron chi connectivity index (χ0n) is 20.7. The number of hydrogen-bond acceptors (Lipinski definition) is 7. The number of H-pyrrole nitrogens is 1. The van der Waals surface area contributed by atoms with Gasteiger partial charge in [-0.05, 0) is 61.9 Å². The van der Waals surface area contributed by atoms with E-state index in [9.17, 15) is 14.4 Å². The predicted octanol–water partition coefficient (Wildman–Crippen LogP) is 3.38. The number of nitrogens with two attached hydrogens (primary N) is 1.